The predicted molar refractivity (Wildman–Crippen MR) is 87.6 cm³/mol. The first-order valence-electron chi connectivity index (χ1n) is 7.64. The van der Waals surface area contributed by atoms with Crippen molar-refractivity contribution in [3.05, 3.63) is 6.07 Å². The van der Waals surface area contributed by atoms with Gasteiger partial charge >= 0.3 is 0 Å². The van der Waals surface area contributed by atoms with Gasteiger partial charge in [0.05, 0.1) is 0 Å². The van der Waals surface area contributed by atoms with E-state index in [1.807, 2.05) is 12.3 Å². The van der Waals surface area contributed by atoms with Crippen molar-refractivity contribution in [1.29, 1.82) is 0 Å². The lowest BCUT2D eigenvalue weighted by Crippen LogP contribution is -2.26. The van der Waals surface area contributed by atoms with Crippen LogP contribution in [0.15, 0.2) is 11.2 Å². The third-order valence-corrected chi connectivity index (χ3v) is 4.28. The van der Waals surface area contributed by atoms with E-state index in [9.17, 15) is 0 Å². The zero-order valence-electron chi connectivity index (χ0n) is 12.8. The Kier molecular flexibility index (Phi) is 5.95. The molecule has 0 bridgehead atoms. The number of thioether (sulfide) groups is 1. The van der Waals surface area contributed by atoms with E-state index in [2.05, 4.69) is 34.4 Å². The molecular formula is C15H26N4S. The fourth-order valence-corrected chi connectivity index (χ4v) is 3.09. The summed E-state index contributed by atoms with van der Waals surface area (Å²) in [6.07, 6.45) is 8.30. The molecule has 2 rings (SSSR count). The minimum Gasteiger partial charge on any atom is -0.370 e. The Bertz CT molecular complexity index is 424. The highest BCUT2D eigenvalue weighted by atomic mass is 32.2. The highest BCUT2D eigenvalue weighted by molar-refractivity contribution is 7.98. The molecule has 1 fully saturated rings. The second-order valence-electron chi connectivity index (χ2n) is 5.66. The molecule has 0 aliphatic heterocycles. The van der Waals surface area contributed by atoms with Gasteiger partial charge in [0.2, 0.25) is 0 Å². The number of rotatable bonds is 6. The van der Waals surface area contributed by atoms with Gasteiger partial charge in [-0.3, -0.25) is 0 Å². The van der Waals surface area contributed by atoms with Crippen LogP contribution in [0.1, 0.15) is 46.0 Å². The molecule has 0 radical (unpaired) electrons. The third-order valence-electron chi connectivity index (χ3n) is 3.73. The molecule has 1 heterocycles. The first-order valence-corrected chi connectivity index (χ1v) is 8.87. The molecule has 1 aliphatic carbocycles. The quantitative estimate of drug-likeness (QED) is 0.613. The zero-order valence-corrected chi connectivity index (χ0v) is 13.6. The topological polar surface area (TPSA) is 49.8 Å². The van der Waals surface area contributed by atoms with Crippen LogP contribution in [0.25, 0.3) is 0 Å². The predicted octanol–water partition coefficient (Wildman–Crippen LogP) is 4.01. The average Bonchev–Trinajstić information content (AvgIpc) is 2.45. The summed E-state index contributed by atoms with van der Waals surface area (Å²) >= 11 is 1.59. The van der Waals surface area contributed by atoms with Gasteiger partial charge in [0.15, 0.2) is 5.16 Å². The van der Waals surface area contributed by atoms with Crippen LogP contribution in [0.2, 0.25) is 0 Å². The molecule has 1 aromatic heterocycles. The zero-order chi connectivity index (χ0) is 14.4. The summed E-state index contributed by atoms with van der Waals surface area (Å²) in [5, 5.41) is 7.78. The molecule has 20 heavy (non-hydrogen) atoms. The average molecular weight is 294 g/mol. The van der Waals surface area contributed by atoms with Crippen molar-refractivity contribution in [3.63, 3.8) is 0 Å². The molecule has 2 unspecified atom stereocenters. The van der Waals surface area contributed by atoms with Crippen LogP contribution in [0.4, 0.5) is 11.6 Å². The van der Waals surface area contributed by atoms with Crippen LogP contribution >= 0.6 is 11.8 Å². The Labute approximate surface area is 126 Å². The maximum atomic E-state index is 4.58. The Balaban J connectivity index is 2.05. The smallest absolute Gasteiger partial charge is 0.191 e. The standard InChI is InChI=1S/C15H26N4S/c1-4-8-16-13-10-14(19-15(18-13)20-3)17-12-7-5-6-11(2)9-12/h10-12H,4-9H2,1-3H3,(H2,16,17,18,19). The Hall–Kier alpha value is -0.970. The van der Waals surface area contributed by atoms with Crippen molar-refractivity contribution in [2.75, 3.05) is 23.4 Å². The molecule has 2 atom stereocenters. The highest BCUT2D eigenvalue weighted by Crippen LogP contribution is 2.26. The number of nitrogens with one attached hydrogen (secondary N) is 2. The number of aromatic nitrogens is 2. The summed E-state index contributed by atoms with van der Waals surface area (Å²) in [5.41, 5.74) is 0. The van der Waals surface area contributed by atoms with Crippen molar-refractivity contribution in [2.24, 2.45) is 5.92 Å². The van der Waals surface area contributed by atoms with Crippen LogP contribution in [0.5, 0.6) is 0 Å². The van der Waals surface area contributed by atoms with Crippen molar-refractivity contribution in [3.8, 4) is 0 Å². The lowest BCUT2D eigenvalue weighted by Gasteiger charge is -2.28. The molecule has 0 spiro atoms. The maximum Gasteiger partial charge on any atom is 0.191 e. The van der Waals surface area contributed by atoms with Crippen molar-refractivity contribution < 1.29 is 0 Å². The van der Waals surface area contributed by atoms with Crippen molar-refractivity contribution in [2.45, 2.75) is 57.1 Å². The Morgan fingerprint density at radius 1 is 1.30 bits per heavy atom. The largest absolute Gasteiger partial charge is 0.370 e. The summed E-state index contributed by atoms with van der Waals surface area (Å²) in [4.78, 5) is 9.08. The van der Waals surface area contributed by atoms with Gasteiger partial charge in [-0.25, -0.2) is 9.97 Å². The number of hydrogen-bond acceptors (Lipinski definition) is 5. The first-order chi connectivity index (χ1) is 9.71. The van der Waals surface area contributed by atoms with Gasteiger partial charge in [-0.1, -0.05) is 38.5 Å². The van der Waals surface area contributed by atoms with Crippen LogP contribution in [0.3, 0.4) is 0 Å². The molecule has 5 heteroatoms. The fourth-order valence-electron chi connectivity index (χ4n) is 2.71. The van der Waals surface area contributed by atoms with E-state index >= 15 is 0 Å². The summed E-state index contributed by atoms with van der Waals surface area (Å²) < 4.78 is 0. The molecule has 1 aliphatic rings. The lowest BCUT2D eigenvalue weighted by atomic mass is 9.87. The minimum atomic E-state index is 0.558. The van der Waals surface area contributed by atoms with E-state index < -0.39 is 0 Å². The maximum absolute atomic E-state index is 4.58. The monoisotopic (exact) mass is 294 g/mol. The second-order valence-corrected chi connectivity index (χ2v) is 6.44. The molecule has 0 amide bonds. The van der Waals surface area contributed by atoms with Gasteiger partial charge in [-0.15, -0.1) is 0 Å². The van der Waals surface area contributed by atoms with Crippen LogP contribution in [-0.2, 0) is 0 Å². The van der Waals surface area contributed by atoms with Gasteiger partial charge < -0.3 is 10.6 Å². The summed E-state index contributed by atoms with van der Waals surface area (Å²) in [6.45, 7) is 5.45. The molecule has 0 aromatic carbocycles. The van der Waals surface area contributed by atoms with Crippen LogP contribution in [-0.4, -0.2) is 28.8 Å². The molecule has 0 saturated heterocycles. The van der Waals surface area contributed by atoms with Crippen molar-refractivity contribution in [1.82, 2.24) is 9.97 Å². The SMILES string of the molecule is CCCNc1cc(NC2CCCC(C)C2)nc(SC)n1. The molecule has 112 valence electrons. The van der Waals surface area contributed by atoms with Gasteiger partial charge in [-0.05, 0) is 31.4 Å². The third kappa shape index (κ3) is 4.54. The number of nitrogens with zero attached hydrogens (tertiary/aromatic N) is 2. The van der Waals surface area contributed by atoms with E-state index in [1.165, 1.54) is 25.7 Å². The molecule has 1 aromatic rings. The minimum absolute atomic E-state index is 0.558. The molecule has 2 N–H and O–H groups in total. The van der Waals surface area contributed by atoms with E-state index in [-0.39, 0.29) is 0 Å². The van der Waals surface area contributed by atoms with E-state index in [0.717, 1.165) is 35.7 Å². The normalized spacial score (nSPS) is 22.6. The highest BCUT2D eigenvalue weighted by Gasteiger charge is 2.19. The van der Waals surface area contributed by atoms with Crippen LogP contribution < -0.4 is 10.6 Å². The van der Waals surface area contributed by atoms with E-state index in [0.29, 0.717) is 6.04 Å². The number of hydrogen-bond donors (Lipinski definition) is 2. The Morgan fingerprint density at radius 2 is 2.10 bits per heavy atom. The molecule has 4 nitrogen and oxygen atoms in total. The molecule has 1 saturated carbocycles. The summed E-state index contributed by atoms with van der Waals surface area (Å²) in [6, 6.07) is 2.59. The summed E-state index contributed by atoms with van der Waals surface area (Å²) in [7, 11) is 0. The Morgan fingerprint density at radius 3 is 2.80 bits per heavy atom. The van der Waals surface area contributed by atoms with Gasteiger partial charge in [-0.2, -0.15) is 0 Å². The molecular weight excluding hydrogens is 268 g/mol. The van der Waals surface area contributed by atoms with Crippen LogP contribution in [0, 0.1) is 5.92 Å². The fraction of sp³-hybridized carbons (Fsp3) is 0.733. The van der Waals surface area contributed by atoms with Crippen molar-refractivity contribution >= 4 is 23.4 Å². The number of anilines is 2. The van der Waals surface area contributed by atoms with Gasteiger partial charge in [0.1, 0.15) is 11.6 Å². The van der Waals surface area contributed by atoms with E-state index in [1.54, 1.807) is 11.8 Å². The van der Waals surface area contributed by atoms with Gasteiger partial charge in [0, 0.05) is 18.7 Å². The summed E-state index contributed by atoms with van der Waals surface area (Å²) in [5.74, 6) is 2.71. The van der Waals surface area contributed by atoms with E-state index in [4.69, 9.17) is 0 Å². The second kappa shape index (κ2) is 7.72. The first kappa shape index (κ1) is 15.4. The van der Waals surface area contributed by atoms with Gasteiger partial charge in [0.25, 0.3) is 0 Å². The lowest BCUT2D eigenvalue weighted by molar-refractivity contribution is 0.358.